The van der Waals surface area contributed by atoms with Crippen LogP contribution in [-0.2, 0) is 4.74 Å². The number of carbonyl (C=O) groups excluding carboxylic acids is 2. The summed E-state index contributed by atoms with van der Waals surface area (Å²) in [5.41, 5.74) is 2.00. The van der Waals surface area contributed by atoms with E-state index in [0.29, 0.717) is 19.4 Å². The number of benzene rings is 2. The fraction of sp³-hybridized carbons (Fsp3) is 0.513. The number of halogens is 3. The van der Waals surface area contributed by atoms with E-state index in [9.17, 15) is 22.8 Å². The van der Waals surface area contributed by atoms with Crippen molar-refractivity contribution < 1.29 is 37.0 Å². The van der Waals surface area contributed by atoms with Crippen LogP contribution in [0.5, 0.6) is 11.6 Å². The minimum atomic E-state index is -4.66. The fourth-order valence-electron chi connectivity index (χ4n) is 5.28. The summed E-state index contributed by atoms with van der Waals surface area (Å²) in [5.74, 6) is -1.07. The van der Waals surface area contributed by atoms with Crippen LogP contribution in [0.2, 0.25) is 0 Å². The molecule has 6 nitrogen and oxygen atoms in total. The monoisotopic (exact) mass is 669 g/mol. The Bertz CT molecular complexity index is 1340. The van der Waals surface area contributed by atoms with Crippen LogP contribution in [-0.4, -0.2) is 35.8 Å². The standard InChI is InChI=1S/C39H50F3NO5/c1-3-5-7-9-10-11-12-13-14-16-28-46-34-25-22-31(23-26-34)30-18-20-32(21-19-30)37(44)48-36-27-24-33(29-43-36)38(45)47-35(39(40,41)42)17-15-8-6-4-2/h18-27,29,35H,3-17,28H2,1-2H3/t35-/m0/s1. The van der Waals surface area contributed by atoms with Crippen LogP contribution >= 0.6 is 0 Å². The molecule has 262 valence electrons. The molecule has 9 heteroatoms. The molecule has 0 N–H and O–H groups in total. The molecule has 48 heavy (non-hydrogen) atoms. The van der Waals surface area contributed by atoms with Crippen LogP contribution in [0, 0.1) is 0 Å². The molecule has 1 heterocycles. The van der Waals surface area contributed by atoms with E-state index in [1.54, 1.807) is 12.1 Å². The number of hydrogen-bond donors (Lipinski definition) is 0. The molecule has 3 rings (SSSR count). The lowest BCUT2D eigenvalue weighted by Gasteiger charge is -2.20. The van der Waals surface area contributed by atoms with E-state index in [0.717, 1.165) is 42.3 Å². The van der Waals surface area contributed by atoms with Gasteiger partial charge in [0.2, 0.25) is 5.88 Å². The van der Waals surface area contributed by atoms with Crippen molar-refractivity contribution in [3.8, 4) is 22.8 Å². The summed E-state index contributed by atoms with van der Waals surface area (Å²) in [4.78, 5) is 29.0. The van der Waals surface area contributed by atoms with Crippen molar-refractivity contribution in [1.29, 1.82) is 0 Å². The van der Waals surface area contributed by atoms with Gasteiger partial charge >= 0.3 is 18.1 Å². The van der Waals surface area contributed by atoms with E-state index in [1.807, 2.05) is 43.3 Å². The molecule has 0 bridgehead atoms. The molecule has 2 aromatic carbocycles. The molecular formula is C39H50F3NO5. The first-order valence-corrected chi connectivity index (χ1v) is 17.5. The van der Waals surface area contributed by atoms with E-state index in [1.165, 1.54) is 69.9 Å². The number of carbonyl (C=O) groups is 2. The average molecular weight is 670 g/mol. The SMILES string of the molecule is CCCCCCCCCCCCOc1ccc(-c2ccc(C(=O)Oc3ccc(C(=O)O[C@@H](CCCCCC)C(F)(F)F)cn3)cc2)cc1. The van der Waals surface area contributed by atoms with E-state index in [4.69, 9.17) is 14.2 Å². The third kappa shape index (κ3) is 14.1. The van der Waals surface area contributed by atoms with Gasteiger partial charge in [-0.3, -0.25) is 0 Å². The summed E-state index contributed by atoms with van der Waals surface area (Å²) in [6, 6.07) is 17.2. The lowest BCUT2D eigenvalue weighted by Crippen LogP contribution is -2.33. The van der Waals surface area contributed by atoms with Crippen LogP contribution in [0.1, 0.15) is 131 Å². The molecule has 0 aliphatic rings. The number of rotatable bonds is 22. The third-order valence-corrected chi connectivity index (χ3v) is 8.18. The Kier molecular flexibility index (Phi) is 17.0. The molecule has 0 saturated heterocycles. The highest BCUT2D eigenvalue weighted by atomic mass is 19.4. The molecule has 1 atom stereocenters. The highest BCUT2D eigenvalue weighted by Crippen LogP contribution is 2.28. The molecule has 0 unspecified atom stereocenters. The van der Waals surface area contributed by atoms with Crippen LogP contribution < -0.4 is 9.47 Å². The second-order valence-corrected chi connectivity index (χ2v) is 12.2. The maximum absolute atomic E-state index is 13.4. The molecule has 0 spiro atoms. The number of unbranched alkanes of at least 4 members (excludes halogenated alkanes) is 12. The van der Waals surface area contributed by atoms with Gasteiger partial charge in [0, 0.05) is 12.3 Å². The molecule has 0 radical (unpaired) electrons. The zero-order valence-electron chi connectivity index (χ0n) is 28.4. The fourth-order valence-corrected chi connectivity index (χ4v) is 5.28. The summed E-state index contributed by atoms with van der Waals surface area (Å²) in [7, 11) is 0. The van der Waals surface area contributed by atoms with Crippen LogP contribution in [0.4, 0.5) is 13.2 Å². The van der Waals surface area contributed by atoms with Crippen molar-refractivity contribution in [3.05, 3.63) is 78.0 Å². The van der Waals surface area contributed by atoms with E-state index < -0.39 is 24.2 Å². The Labute approximate surface area is 283 Å². The first-order chi connectivity index (χ1) is 23.2. The van der Waals surface area contributed by atoms with Crippen LogP contribution in [0.3, 0.4) is 0 Å². The summed E-state index contributed by atoms with van der Waals surface area (Å²) < 4.78 is 56.1. The smallest absolute Gasteiger partial charge is 0.425 e. The van der Waals surface area contributed by atoms with Gasteiger partial charge in [0.15, 0.2) is 6.10 Å². The Morgan fingerprint density at radius 1 is 0.646 bits per heavy atom. The van der Waals surface area contributed by atoms with Gasteiger partial charge in [-0.25, -0.2) is 14.6 Å². The lowest BCUT2D eigenvalue weighted by atomic mass is 10.0. The average Bonchev–Trinajstić information content (AvgIpc) is 3.08. The van der Waals surface area contributed by atoms with Crippen LogP contribution in [0.15, 0.2) is 66.9 Å². The molecule has 0 amide bonds. The van der Waals surface area contributed by atoms with Gasteiger partial charge in [0.05, 0.1) is 17.7 Å². The zero-order chi connectivity index (χ0) is 34.6. The van der Waals surface area contributed by atoms with Crippen molar-refractivity contribution in [2.75, 3.05) is 6.61 Å². The van der Waals surface area contributed by atoms with Crippen LogP contribution in [0.25, 0.3) is 11.1 Å². The van der Waals surface area contributed by atoms with Gasteiger partial charge in [-0.2, -0.15) is 13.2 Å². The number of hydrogen-bond acceptors (Lipinski definition) is 6. The first-order valence-electron chi connectivity index (χ1n) is 17.5. The van der Waals surface area contributed by atoms with Gasteiger partial charge in [0.25, 0.3) is 0 Å². The number of aromatic nitrogens is 1. The van der Waals surface area contributed by atoms with Gasteiger partial charge in [-0.1, -0.05) is 115 Å². The maximum atomic E-state index is 13.4. The Morgan fingerprint density at radius 3 is 1.71 bits per heavy atom. The first kappa shape index (κ1) is 38.6. The van der Waals surface area contributed by atoms with E-state index in [-0.39, 0.29) is 23.4 Å². The normalized spacial score (nSPS) is 12.0. The van der Waals surface area contributed by atoms with Crippen molar-refractivity contribution in [2.45, 2.75) is 122 Å². The number of nitrogens with zero attached hydrogens (tertiary/aromatic N) is 1. The molecule has 0 fully saturated rings. The number of pyridine rings is 1. The Balaban J connectivity index is 1.41. The van der Waals surface area contributed by atoms with Crippen molar-refractivity contribution in [2.24, 2.45) is 0 Å². The number of alkyl halides is 3. The highest BCUT2D eigenvalue weighted by Gasteiger charge is 2.42. The van der Waals surface area contributed by atoms with Gasteiger partial charge in [-0.15, -0.1) is 0 Å². The summed E-state index contributed by atoms with van der Waals surface area (Å²) in [5, 5.41) is 0. The van der Waals surface area contributed by atoms with Crippen molar-refractivity contribution in [3.63, 3.8) is 0 Å². The van der Waals surface area contributed by atoms with E-state index in [2.05, 4.69) is 11.9 Å². The third-order valence-electron chi connectivity index (χ3n) is 8.18. The second-order valence-electron chi connectivity index (χ2n) is 12.2. The zero-order valence-corrected chi connectivity index (χ0v) is 28.4. The maximum Gasteiger partial charge on any atom is 0.425 e. The summed E-state index contributed by atoms with van der Waals surface area (Å²) in [6.45, 7) is 4.91. The second kappa shape index (κ2) is 21.2. The minimum absolute atomic E-state index is 0.0963. The minimum Gasteiger partial charge on any atom is -0.494 e. The molecule has 0 aliphatic heterocycles. The Hall–Kier alpha value is -3.88. The van der Waals surface area contributed by atoms with Crippen molar-refractivity contribution in [1.82, 2.24) is 4.98 Å². The van der Waals surface area contributed by atoms with E-state index >= 15 is 0 Å². The quantitative estimate of drug-likeness (QED) is 0.0783. The largest absolute Gasteiger partial charge is 0.494 e. The number of ether oxygens (including phenoxy) is 3. The van der Waals surface area contributed by atoms with Crippen molar-refractivity contribution >= 4 is 11.9 Å². The molecule has 1 aromatic heterocycles. The topological polar surface area (TPSA) is 74.7 Å². The van der Waals surface area contributed by atoms with Gasteiger partial charge in [0.1, 0.15) is 5.75 Å². The predicted molar refractivity (Wildman–Crippen MR) is 182 cm³/mol. The summed E-state index contributed by atoms with van der Waals surface area (Å²) >= 11 is 0. The molecular weight excluding hydrogens is 619 g/mol. The lowest BCUT2D eigenvalue weighted by molar-refractivity contribution is -0.206. The predicted octanol–water partition coefficient (Wildman–Crippen LogP) is 11.3. The van der Waals surface area contributed by atoms with Gasteiger partial charge in [-0.05, 0) is 60.7 Å². The molecule has 0 saturated carbocycles. The highest BCUT2D eigenvalue weighted by molar-refractivity contribution is 5.92. The Morgan fingerprint density at radius 2 is 1.17 bits per heavy atom. The number of esters is 2. The molecule has 0 aliphatic carbocycles. The summed E-state index contributed by atoms with van der Waals surface area (Å²) in [6.07, 6.45) is 9.36. The molecule has 3 aromatic rings. The van der Waals surface area contributed by atoms with Gasteiger partial charge < -0.3 is 14.2 Å².